The van der Waals surface area contributed by atoms with E-state index >= 15 is 0 Å². The monoisotopic (exact) mass is 401 g/mol. The van der Waals surface area contributed by atoms with Crippen LogP contribution in [0.3, 0.4) is 0 Å². The van der Waals surface area contributed by atoms with E-state index in [1.54, 1.807) is 36.6 Å². The van der Waals surface area contributed by atoms with Gasteiger partial charge in [0.05, 0.1) is 17.7 Å². The molecule has 0 aliphatic heterocycles. The zero-order valence-corrected chi connectivity index (χ0v) is 16.8. The maximum absolute atomic E-state index is 12.8. The van der Waals surface area contributed by atoms with Crippen molar-refractivity contribution in [1.29, 1.82) is 0 Å². The van der Waals surface area contributed by atoms with Gasteiger partial charge < -0.3 is 15.4 Å². The van der Waals surface area contributed by atoms with E-state index in [2.05, 4.69) is 34.2 Å². The highest BCUT2D eigenvalue weighted by Gasteiger charge is 2.26. The first-order valence-corrected chi connectivity index (χ1v) is 9.92. The van der Waals surface area contributed by atoms with Crippen molar-refractivity contribution >= 4 is 34.5 Å². The van der Waals surface area contributed by atoms with Crippen LogP contribution in [0.1, 0.15) is 23.4 Å². The minimum absolute atomic E-state index is 0.0632. The number of thiophene rings is 1. The second kappa shape index (κ2) is 9.04. The second-order valence-corrected chi connectivity index (χ2v) is 7.63. The first-order valence-electron chi connectivity index (χ1n) is 8.66. The summed E-state index contributed by atoms with van der Waals surface area (Å²) >= 11 is 7.75. The highest BCUT2D eigenvalue weighted by molar-refractivity contribution is 7.10. The highest BCUT2D eigenvalue weighted by Crippen LogP contribution is 2.28. The first-order chi connectivity index (χ1) is 13.1. The Balaban J connectivity index is 1.77. The Kier molecular flexibility index (Phi) is 6.50. The van der Waals surface area contributed by atoms with Gasteiger partial charge in [0.15, 0.2) is 6.04 Å². The van der Waals surface area contributed by atoms with Crippen LogP contribution in [0.4, 0.5) is 5.69 Å². The Hall–Kier alpha value is -2.34. The van der Waals surface area contributed by atoms with Gasteiger partial charge in [-0.1, -0.05) is 48.0 Å². The fourth-order valence-corrected chi connectivity index (χ4v) is 3.90. The summed E-state index contributed by atoms with van der Waals surface area (Å²) in [5, 5.41) is 7.61. The molecule has 0 bridgehead atoms. The lowest BCUT2D eigenvalue weighted by molar-refractivity contribution is -0.703. The number of quaternary nitrogens is 1. The number of rotatable bonds is 7. The van der Waals surface area contributed by atoms with Gasteiger partial charge in [-0.3, -0.25) is 4.79 Å². The quantitative estimate of drug-likeness (QED) is 0.626. The Morgan fingerprint density at radius 2 is 1.93 bits per heavy atom. The molecule has 3 aromatic rings. The van der Waals surface area contributed by atoms with Crippen molar-refractivity contribution in [2.75, 3.05) is 12.4 Å². The topological polar surface area (TPSA) is 54.9 Å². The van der Waals surface area contributed by atoms with Gasteiger partial charge >= 0.3 is 0 Å². The number of benzene rings is 2. The van der Waals surface area contributed by atoms with Crippen LogP contribution in [0.25, 0.3) is 0 Å². The van der Waals surface area contributed by atoms with Gasteiger partial charge in [0.25, 0.3) is 5.91 Å². The minimum Gasteiger partial charge on any atom is -0.495 e. The largest absolute Gasteiger partial charge is 0.495 e. The average molecular weight is 402 g/mol. The van der Waals surface area contributed by atoms with Gasteiger partial charge in [0, 0.05) is 10.6 Å². The molecular formula is C21H22ClN2O2S+. The number of hydrogen-bond donors (Lipinski definition) is 2. The van der Waals surface area contributed by atoms with Crippen molar-refractivity contribution in [2.45, 2.75) is 19.0 Å². The lowest BCUT2D eigenvalue weighted by Crippen LogP contribution is -2.92. The fourth-order valence-electron chi connectivity index (χ4n) is 2.90. The molecule has 3 N–H and O–H groups in total. The van der Waals surface area contributed by atoms with Crippen LogP contribution in [-0.2, 0) is 4.79 Å². The molecule has 0 radical (unpaired) electrons. The highest BCUT2D eigenvalue weighted by atomic mass is 35.5. The molecule has 3 rings (SSSR count). The smallest absolute Gasteiger partial charge is 0.282 e. The predicted octanol–water partition coefficient (Wildman–Crippen LogP) is 4.09. The first kappa shape index (κ1) is 19.4. The summed E-state index contributed by atoms with van der Waals surface area (Å²) in [5.74, 6) is 0.478. The summed E-state index contributed by atoms with van der Waals surface area (Å²) in [5.41, 5.74) is 1.74. The molecule has 6 heteroatoms. The summed E-state index contributed by atoms with van der Waals surface area (Å²) in [4.78, 5) is 14.0. The molecule has 0 saturated carbocycles. The Bertz CT molecular complexity index is 884. The number of methoxy groups -OCH3 is 1. The normalized spacial score (nSPS) is 13.0. The van der Waals surface area contributed by atoms with E-state index in [4.69, 9.17) is 16.3 Å². The zero-order valence-electron chi connectivity index (χ0n) is 15.2. The number of carbonyl (C=O) groups excluding carboxylic acids is 1. The molecule has 2 atom stereocenters. The number of carbonyl (C=O) groups is 1. The van der Waals surface area contributed by atoms with E-state index in [9.17, 15) is 4.79 Å². The molecule has 0 aliphatic carbocycles. The van der Waals surface area contributed by atoms with Gasteiger partial charge in [-0.05, 0) is 36.6 Å². The zero-order chi connectivity index (χ0) is 19.2. The summed E-state index contributed by atoms with van der Waals surface area (Å²) in [6.45, 7) is 1.90. The van der Waals surface area contributed by atoms with Gasteiger partial charge in [0.1, 0.15) is 11.8 Å². The van der Waals surface area contributed by atoms with Crippen LogP contribution in [-0.4, -0.2) is 19.1 Å². The lowest BCUT2D eigenvalue weighted by atomic mass is 10.0. The SMILES string of the molecule is COc1ccc(Cl)cc1NC(=O)[C@@H](C)[NH2+][C@H](c1ccccc1)c1cccs1. The fraction of sp³-hybridized carbons (Fsp3) is 0.190. The summed E-state index contributed by atoms with van der Waals surface area (Å²) in [7, 11) is 1.57. The van der Waals surface area contributed by atoms with Crippen molar-refractivity contribution in [3.8, 4) is 5.75 Å². The molecule has 0 saturated heterocycles. The summed E-state index contributed by atoms with van der Waals surface area (Å²) < 4.78 is 5.31. The van der Waals surface area contributed by atoms with E-state index < -0.39 is 0 Å². The van der Waals surface area contributed by atoms with Crippen molar-refractivity contribution in [2.24, 2.45) is 0 Å². The van der Waals surface area contributed by atoms with E-state index in [0.717, 1.165) is 0 Å². The molecule has 0 aliphatic rings. The van der Waals surface area contributed by atoms with E-state index in [1.807, 2.05) is 31.2 Å². The molecule has 1 aromatic heterocycles. The third kappa shape index (κ3) is 4.89. The number of nitrogens with one attached hydrogen (secondary N) is 1. The number of anilines is 1. The molecule has 4 nitrogen and oxygen atoms in total. The van der Waals surface area contributed by atoms with Crippen LogP contribution >= 0.6 is 22.9 Å². The van der Waals surface area contributed by atoms with Gasteiger partial charge in [-0.25, -0.2) is 0 Å². The number of halogens is 1. The van der Waals surface area contributed by atoms with Crippen molar-refractivity contribution in [1.82, 2.24) is 0 Å². The summed E-state index contributed by atoms with van der Waals surface area (Å²) in [6, 6.07) is 19.3. The summed E-state index contributed by atoms with van der Waals surface area (Å²) in [6.07, 6.45) is 0. The van der Waals surface area contributed by atoms with Gasteiger partial charge in [-0.15, -0.1) is 11.3 Å². The van der Waals surface area contributed by atoms with Crippen molar-refractivity contribution in [3.63, 3.8) is 0 Å². The van der Waals surface area contributed by atoms with Crippen LogP contribution in [0.5, 0.6) is 5.75 Å². The lowest BCUT2D eigenvalue weighted by Gasteiger charge is -2.20. The van der Waals surface area contributed by atoms with E-state index in [0.29, 0.717) is 16.5 Å². The molecular weight excluding hydrogens is 380 g/mol. The van der Waals surface area contributed by atoms with Crippen LogP contribution in [0.15, 0.2) is 66.0 Å². The molecule has 0 unspecified atom stereocenters. The number of nitrogens with two attached hydrogens (primary N) is 1. The second-order valence-electron chi connectivity index (χ2n) is 6.22. The predicted molar refractivity (Wildman–Crippen MR) is 111 cm³/mol. The molecule has 27 heavy (non-hydrogen) atoms. The third-order valence-electron chi connectivity index (χ3n) is 4.32. The average Bonchev–Trinajstić information content (AvgIpc) is 3.21. The minimum atomic E-state index is -0.305. The van der Waals surface area contributed by atoms with E-state index in [1.165, 1.54) is 10.4 Å². The third-order valence-corrected chi connectivity index (χ3v) is 5.51. The van der Waals surface area contributed by atoms with Gasteiger partial charge in [-0.2, -0.15) is 0 Å². The van der Waals surface area contributed by atoms with Crippen LogP contribution < -0.4 is 15.4 Å². The van der Waals surface area contributed by atoms with Crippen molar-refractivity contribution < 1.29 is 14.8 Å². The Labute approximate surface area is 168 Å². The number of ether oxygens (including phenoxy) is 1. The maximum atomic E-state index is 12.8. The molecule has 1 amide bonds. The standard InChI is InChI=1S/C21H21ClN2O2S/c1-14(21(25)24-17-13-16(22)10-11-18(17)26-2)23-20(19-9-6-12-27-19)15-7-4-3-5-8-15/h3-14,20,23H,1-2H3,(H,24,25)/p+1/t14-,20-/m1/s1. The van der Waals surface area contributed by atoms with E-state index in [-0.39, 0.29) is 18.0 Å². The molecule has 140 valence electrons. The van der Waals surface area contributed by atoms with Crippen LogP contribution in [0, 0.1) is 0 Å². The molecule has 0 spiro atoms. The molecule has 0 fully saturated rings. The van der Waals surface area contributed by atoms with Crippen LogP contribution in [0.2, 0.25) is 5.02 Å². The molecule has 1 heterocycles. The van der Waals surface area contributed by atoms with Gasteiger partial charge in [0.2, 0.25) is 0 Å². The molecule has 2 aromatic carbocycles. The Morgan fingerprint density at radius 1 is 1.15 bits per heavy atom. The Morgan fingerprint density at radius 3 is 2.59 bits per heavy atom. The van der Waals surface area contributed by atoms with Crippen molar-refractivity contribution in [3.05, 3.63) is 81.5 Å². The maximum Gasteiger partial charge on any atom is 0.282 e. The number of amides is 1. The number of hydrogen-bond acceptors (Lipinski definition) is 3.